The highest BCUT2D eigenvalue weighted by Gasteiger charge is 2.39. The van der Waals surface area contributed by atoms with Crippen LogP contribution in [0.3, 0.4) is 0 Å². The molecule has 0 radical (unpaired) electrons. The van der Waals surface area contributed by atoms with E-state index < -0.39 is 5.92 Å². The van der Waals surface area contributed by atoms with Gasteiger partial charge in [-0.1, -0.05) is 11.8 Å². The first-order valence-electron chi connectivity index (χ1n) is 6.24. The van der Waals surface area contributed by atoms with Gasteiger partial charge in [0.2, 0.25) is 5.92 Å². The van der Waals surface area contributed by atoms with E-state index in [4.69, 9.17) is 16.3 Å². The van der Waals surface area contributed by atoms with Crippen molar-refractivity contribution >= 4 is 11.6 Å². The van der Waals surface area contributed by atoms with E-state index in [0.29, 0.717) is 24.7 Å². The number of benzene rings is 1. The SMILES string of the molecule is FC1(F)CCC(COc2ccc(C#CCCl)cc2)C1. The van der Waals surface area contributed by atoms with Crippen LogP contribution in [0, 0.1) is 17.8 Å². The molecule has 0 heterocycles. The highest BCUT2D eigenvalue weighted by atomic mass is 35.5. The predicted octanol–water partition coefficient (Wildman–Crippen LogP) is 4.09. The second kappa shape index (κ2) is 6.25. The summed E-state index contributed by atoms with van der Waals surface area (Å²) in [6.45, 7) is 0.349. The molecule has 1 nitrogen and oxygen atoms in total. The Bertz CT molecular complexity index is 473. The second-order valence-electron chi connectivity index (χ2n) is 4.74. The number of rotatable bonds is 3. The van der Waals surface area contributed by atoms with E-state index in [1.807, 2.05) is 12.1 Å². The Labute approximate surface area is 116 Å². The molecule has 1 unspecified atom stereocenters. The lowest BCUT2D eigenvalue weighted by atomic mass is 10.1. The molecule has 0 bridgehead atoms. The van der Waals surface area contributed by atoms with Crippen molar-refractivity contribution in [2.45, 2.75) is 25.2 Å². The fourth-order valence-corrected chi connectivity index (χ4v) is 2.23. The van der Waals surface area contributed by atoms with Crippen molar-refractivity contribution in [2.75, 3.05) is 12.5 Å². The number of hydrogen-bond donors (Lipinski definition) is 0. The molecular weight excluding hydrogens is 270 g/mol. The third-order valence-electron chi connectivity index (χ3n) is 3.15. The van der Waals surface area contributed by atoms with E-state index >= 15 is 0 Å². The summed E-state index contributed by atoms with van der Waals surface area (Å²) in [5, 5.41) is 0. The largest absolute Gasteiger partial charge is 0.493 e. The average molecular weight is 285 g/mol. The Morgan fingerprint density at radius 3 is 2.63 bits per heavy atom. The van der Waals surface area contributed by atoms with E-state index in [2.05, 4.69) is 11.8 Å². The fourth-order valence-electron chi connectivity index (χ4n) is 2.17. The van der Waals surface area contributed by atoms with Crippen molar-refractivity contribution in [2.24, 2.45) is 5.92 Å². The third-order valence-corrected chi connectivity index (χ3v) is 3.28. The molecule has 1 saturated carbocycles. The summed E-state index contributed by atoms with van der Waals surface area (Å²) in [5.41, 5.74) is 0.861. The van der Waals surface area contributed by atoms with Gasteiger partial charge in [-0.15, -0.1) is 11.6 Å². The molecule has 0 N–H and O–H groups in total. The van der Waals surface area contributed by atoms with Gasteiger partial charge >= 0.3 is 0 Å². The molecule has 1 aromatic carbocycles. The van der Waals surface area contributed by atoms with Crippen molar-refractivity contribution in [1.82, 2.24) is 0 Å². The molecule has 1 atom stereocenters. The molecule has 102 valence electrons. The minimum absolute atomic E-state index is 0.0199. The summed E-state index contributed by atoms with van der Waals surface area (Å²) < 4.78 is 31.6. The molecule has 0 spiro atoms. The van der Waals surface area contributed by atoms with Crippen LogP contribution in [0.1, 0.15) is 24.8 Å². The van der Waals surface area contributed by atoms with E-state index in [1.54, 1.807) is 12.1 Å². The summed E-state index contributed by atoms with van der Waals surface area (Å²) >= 11 is 5.47. The Kier molecular flexibility index (Phi) is 4.66. The Hall–Kier alpha value is -1.27. The molecule has 1 fully saturated rings. The lowest BCUT2D eigenvalue weighted by molar-refractivity contribution is 0.00292. The Morgan fingerprint density at radius 2 is 2.05 bits per heavy atom. The smallest absolute Gasteiger partial charge is 0.248 e. The molecule has 0 amide bonds. The van der Waals surface area contributed by atoms with Crippen molar-refractivity contribution in [3.8, 4) is 17.6 Å². The number of ether oxygens (including phenoxy) is 1. The third kappa shape index (κ3) is 4.40. The molecular formula is C15H15ClF2O. The molecule has 2 rings (SSSR count). The normalized spacial score (nSPS) is 20.7. The maximum absolute atomic E-state index is 13.0. The van der Waals surface area contributed by atoms with Crippen LogP contribution >= 0.6 is 11.6 Å². The van der Waals surface area contributed by atoms with Crippen molar-refractivity contribution in [3.63, 3.8) is 0 Å². The summed E-state index contributed by atoms with van der Waals surface area (Å²) in [4.78, 5) is 0. The van der Waals surface area contributed by atoms with Gasteiger partial charge in [0, 0.05) is 18.4 Å². The van der Waals surface area contributed by atoms with Crippen LogP contribution in [-0.4, -0.2) is 18.4 Å². The molecule has 0 aliphatic heterocycles. The van der Waals surface area contributed by atoms with Gasteiger partial charge in [0.25, 0.3) is 0 Å². The minimum atomic E-state index is -2.50. The number of hydrogen-bond acceptors (Lipinski definition) is 1. The standard InChI is InChI=1S/C15H15ClF2O/c16-9-1-2-12-3-5-14(6-4-12)19-11-13-7-8-15(17,18)10-13/h3-6,13H,7-11H2. The molecule has 0 saturated heterocycles. The zero-order chi connectivity index (χ0) is 13.7. The van der Waals surface area contributed by atoms with Gasteiger partial charge in [-0.3, -0.25) is 0 Å². The molecule has 1 aliphatic carbocycles. The van der Waals surface area contributed by atoms with Crippen LogP contribution in [-0.2, 0) is 0 Å². The zero-order valence-corrected chi connectivity index (χ0v) is 11.2. The van der Waals surface area contributed by atoms with Crippen molar-refractivity contribution in [3.05, 3.63) is 29.8 Å². The fraction of sp³-hybridized carbons (Fsp3) is 0.467. The van der Waals surface area contributed by atoms with Crippen molar-refractivity contribution in [1.29, 1.82) is 0 Å². The van der Waals surface area contributed by atoms with Gasteiger partial charge in [-0.2, -0.15) is 0 Å². The van der Waals surface area contributed by atoms with Gasteiger partial charge in [0.15, 0.2) is 0 Å². The first-order valence-corrected chi connectivity index (χ1v) is 6.78. The van der Waals surface area contributed by atoms with Crippen molar-refractivity contribution < 1.29 is 13.5 Å². The van der Waals surface area contributed by atoms with E-state index in [-0.39, 0.29) is 18.8 Å². The first-order chi connectivity index (χ1) is 9.09. The lowest BCUT2D eigenvalue weighted by Crippen LogP contribution is -2.13. The van der Waals surface area contributed by atoms with E-state index in [9.17, 15) is 8.78 Å². The Morgan fingerprint density at radius 1 is 1.32 bits per heavy atom. The molecule has 19 heavy (non-hydrogen) atoms. The topological polar surface area (TPSA) is 9.23 Å². The van der Waals surface area contributed by atoms with Crippen LogP contribution in [0.25, 0.3) is 0 Å². The van der Waals surface area contributed by atoms with E-state index in [1.165, 1.54) is 0 Å². The van der Waals surface area contributed by atoms with Crippen LogP contribution in [0.5, 0.6) is 5.75 Å². The average Bonchev–Trinajstić information content (AvgIpc) is 2.75. The summed E-state index contributed by atoms with van der Waals surface area (Å²) in [5.74, 6) is 4.09. The number of halogens is 3. The highest BCUT2D eigenvalue weighted by Crippen LogP contribution is 2.38. The minimum Gasteiger partial charge on any atom is -0.493 e. The lowest BCUT2D eigenvalue weighted by Gasteiger charge is -2.12. The Balaban J connectivity index is 1.83. The predicted molar refractivity (Wildman–Crippen MR) is 71.8 cm³/mol. The monoisotopic (exact) mass is 284 g/mol. The van der Waals surface area contributed by atoms with Crippen LogP contribution in [0.2, 0.25) is 0 Å². The van der Waals surface area contributed by atoms with Gasteiger partial charge in [0.1, 0.15) is 5.75 Å². The summed E-state index contributed by atoms with van der Waals surface area (Å²) in [7, 11) is 0. The molecule has 1 aromatic rings. The number of alkyl halides is 3. The van der Waals surface area contributed by atoms with Gasteiger partial charge in [0.05, 0.1) is 12.5 Å². The molecule has 4 heteroatoms. The first kappa shape index (κ1) is 14.1. The quantitative estimate of drug-likeness (QED) is 0.600. The molecule has 0 aromatic heterocycles. The maximum atomic E-state index is 13.0. The highest BCUT2D eigenvalue weighted by molar-refractivity contribution is 6.19. The van der Waals surface area contributed by atoms with Gasteiger partial charge in [-0.05, 0) is 36.6 Å². The van der Waals surface area contributed by atoms with Crippen LogP contribution < -0.4 is 4.74 Å². The van der Waals surface area contributed by atoms with Gasteiger partial charge < -0.3 is 4.74 Å². The molecule has 1 aliphatic rings. The summed E-state index contributed by atoms with van der Waals surface area (Å²) in [6.07, 6.45) is 0.451. The van der Waals surface area contributed by atoms with Crippen LogP contribution in [0.15, 0.2) is 24.3 Å². The van der Waals surface area contributed by atoms with E-state index in [0.717, 1.165) is 5.56 Å². The second-order valence-corrected chi connectivity index (χ2v) is 5.00. The summed E-state index contributed by atoms with van der Waals surface area (Å²) in [6, 6.07) is 7.26. The maximum Gasteiger partial charge on any atom is 0.248 e. The zero-order valence-electron chi connectivity index (χ0n) is 10.5. The van der Waals surface area contributed by atoms with Gasteiger partial charge in [-0.25, -0.2) is 8.78 Å². The van der Waals surface area contributed by atoms with Crippen LogP contribution in [0.4, 0.5) is 8.78 Å².